The highest BCUT2D eigenvalue weighted by atomic mass is 16.4. The minimum absolute atomic E-state index is 0.215. The van der Waals surface area contributed by atoms with E-state index in [0.717, 1.165) is 16.8 Å². The number of hydrogen-bond acceptors (Lipinski definition) is 3. The van der Waals surface area contributed by atoms with E-state index in [1.54, 1.807) is 25.2 Å². The molecular formula is C17H16N2O3. The summed E-state index contributed by atoms with van der Waals surface area (Å²) >= 11 is 0. The van der Waals surface area contributed by atoms with Crippen molar-refractivity contribution in [3.63, 3.8) is 0 Å². The topological polar surface area (TPSA) is 64.2 Å². The van der Waals surface area contributed by atoms with Crippen molar-refractivity contribution in [1.82, 2.24) is 4.57 Å². The third-order valence-electron chi connectivity index (χ3n) is 3.77. The summed E-state index contributed by atoms with van der Waals surface area (Å²) in [5, 5.41) is 2.93. The van der Waals surface area contributed by atoms with Crippen LogP contribution in [0.1, 0.15) is 21.5 Å². The molecule has 0 saturated carbocycles. The Bertz CT molecular complexity index is 914. The van der Waals surface area contributed by atoms with E-state index in [9.17, 15) is 9.59 Å². The second-order valence-corrected chi connectivity index (χ2v) is 5.33. The molecule has 5 heteroatoms. The second-order valence-electron chi connectivity index (χ2n) is 5.33. The Kier molecular flexibility index (Phi) is 3.33. The Morgan fingerprint density at radius 3 is 2.50 bits per heavy atom. The van der Waals surface area contributed by atoms with Crippen molar-refractivity contribution < 1.29 is 9.21 Å². The molecule has 22 heavy (non-hydrogen) atoms. The summed E-state index contributed by atoms with van der Waals surface area (Å²) in [4.78, 5) is 23.9. The largest absolute Gasteiger partial charge is 0.419 e. The predicted octanol–water partition coefficient (Wildman–Crippen LogP) is 3.00. The number of nitrogens with one attached hydrogen (secondary N) is 1. The quantitative estimate of drug-likeness (QED) is 0.790. The van der Waals surface area contributed by atoms with Crippen molar-refractivity contribution in [3.05, 3.63) is 63.6 Å². The maximum absolute atomic E-state index is 12.5. The molecule has 0 bridgehead atoms. The van der Waals surface area contributed by atoms with Gasteiger partial charge in [-0.15, -0.1) is 0 Å². The van der Waals surface area contributed by atoms with Gasteiger partial charge in [0.05, 0.1) is 5.52 Å². The Balaban J connectivity index is 1.99. The van der Waals surface area contributed by atoms with E-state index in [-0.39, 0.29) is 5.91 Å². The first-order valence-corrected chi connectivity index (χ1v) is 6.94. The van der Waals surface area contributed by atoms with Gasteiger partial charge in [-0.3, -0.25) is 9.36 Å². The summed E-state index contributed by atoms with van der Waals surface area (Å²) in [6.45, 7) is 3.90. The number of amides is 1. The van der Waals surface area contributed by atoms with E-state index < -0.39 is 5.76 Å². The number of aromatic nitrogens is 1. The normalized spacial score (nSPS) is 10.9. The van der Waals surface area contributed by atoms with E-state index in [0.29, 0.717) is 16.7 Å². The van der Waals surface area contributed by atoms with Crippen LogP contribution in [0.5, 0.6) is 0 Å². The average molecular weight is 296 g/mol. The monoisotopic (exact) mass is 296 g/mol. The molecule has 0 radical (unpaired) electrons. The summed E-state index contributed by atoms with van der Waals surface area (Å²) in [5.74, 6) is -0.657. The zero-order valence-corrected chi connectivity index (χ0v) is 12.6. The molecule has 0 unspecified atom stereocenters. The zero-order valence-electron chi connectivity index (χ0n) is 12.6. The van der Waals surface area contributed by atoms with Gasteiger partial charge in [-0.1, -0.05) is 18.2 Å². The summed E-state index contributed by atoms with van der Waals surface area (Å²) in [6, 6.07) is 10.8. The lowest BCUT2D eigenvalue weighted by Gasteiger charge is -2.11. The van der Waals surface area contributed by atoms with Gasteiger partial charge in [0.15, 0.2) is 5.58 Å². The second kappa shape index (κ2) is 5.18. The summed E-state index contributed by atoms with van der Waals surface area (Å²) in [5.41, 5.74) is 4.37. The number of anilines is 1. The van der Waals surface area contributed by atoms with Gasteiger partial charge in [0.1, 0.15) is 0 Å². The third kappa shape index (κ3) is 2.30. The molecule has 112 valence electrons. The van der Waals surface area contributed by atoms with E-state index >= 15 is 0 Å². The number of aryl methyl sites for hydroxylation is 3. The number of rotatable bonds is 2. The molecular weight excluding hydrogens is 280 g/mol. The van der Waals surface area contributed by atoms with Crippen LogP contribution in [0.15, 0.2) is 45.6 Å². The highest BCUT2D eigenvalue weighted by Crippen LogP contribution is 2.21. The highest BCUT2D eigenvalue weighted by molar-refractivity contribution is 6.06. The van der Waals surface area contributed by atoms with Gasteiger partial charge < -0.3 is 9.73 Å². The van der Waals surface area contributed by atoms with Gasteiger partial charge >= 0.3 is 5.76 Å². The van der Waals surface area contributed by atoms with Crippen molar-refractivity contribution in [2.45, 2.75) is 13.8 Å². The van der Waals surface area contributed by atoms with Gasteiger partial charge in [-0.05, 0) is 43.2 Å². The first-order chi connectivity index (χ1) is 10.5. The number of nitrogens with zero attached hydrogens (tertiary/aromatic N) is 1. The lowest BCUT2D eigenvalue weighted by atomic mass is 10.1. The number of oxazole rings is 1. The van der Waals surface area contributed by atoms with E-state index in [2.05, 4.69) is 5.32 Å². The van der Waals surface area contributed by atoms with Crippen molar-refractivity contribution in [3.8, 4) is 0 Å². The molecule has 1 heterocycles. The Labute approximate surface area is 127 Å². The minimum atomic E-state index is -0.442. The molecule has 1 N–H and O–H groups in total. The highest BCUT2D eigenvalue weighted by Gasteiger charge is 2.13. The molecule has 0 aliphatic heterocycles. The van der Waals surface area contributed by atoms with Gasteiger partial charge in [0.25, 0.3) is 5.91 Å². The Morgan fingerprint density at radius 2 is 1.82 bits per heavy atom. The molecule has 3 aromatic rings. The Hall–Kier alpha value is -2.82. The minimum Gasteiger partial charge on any atom is -0.408 e. The fourth-order valence-electron chi connectivity index (χ4n) is 2.47. The van der Waals surface area contributed by atoms with Crippen molar-refractivity contribution in [1.29, 1.82) is 0 Å². The van der Waals surface area contributed by atoms with E-state index in [4.69, 9.17) is 4.42 Å². The fraction of sp³-hybridized carbons (Fsp3) is 0.176. The molecule has 0 fully saturated rings. The smallest absolute Gasteiger partial charge is 0.408 e. The molecule has 0 aliphatic rings. The van der Waals surface area contributed by atoms with Gasteiger partial charge in [0, 0.05) is 18.3 Å². The SMILES string of the molecule is Cc1cccc(C)c1NC(=O)c1ccc2oc(=O)n(C)c2c1. The molecule has 0 atom stereocenters. The molecule has 1 aromatic heterocycles. The van der Waals surface area contributed by atoms with Crippen molar-refractivity contribution in [2.75, 3.05) is 5.32 Å². The van der Waals surface area contributed by atoms with E-state index in [1.807, 2.05) is 32.0 Å². The molecule has 0 aliphatic carbocycles. The first kappa shape index (κ1) is 14.1. The van der Waals surface area contributed by atoms with Crippen LogP contribution in [0.2, 0.25) is 0 Å². The van der Waals surface area contributed by atoms with Crippen LogP contribution in [0, 0.1) is 13.8 Å². The summed E-state index contributed by atoms with van der Waals surface area (Å²) in [6.07, 6.45) is 0. The van der Waals surface area contributed by atoms with Gasteiger partial charge in [-0.25, -0.2) is 4.79 Å². The van der Waals surface area contributed by atoms with Crippen LogP contribution in [0.4, 0.5) is 5.69 Å². The lowest BCUT2D eigenvalue weighted by Crippen LogP contribution is -2.14. The lowest BCUT2D eigenvalue weighted by molar-refractivity contribution is 0.102. The van der Waals surface area contributed by atoms with Gasteiger partial charge in [0.2, 0.25) is 0 Å². The van der Waals surface area contributed by atoms with Crippen molar-refractivity contribution in [2.24, 2.45) is 7.05 Å². The predicted molar refractivity (Wildman–Crippen MR) is 85.3 cm³/mol. The summed E-state index contributed by atoms with van der Waals surface area (Å²) < 4.78 is 6.45. The van der Waals surface area contributed by atoms with Gasteiger partial charge in [-0.2, -0.15) is 0 Å². The molecule has 2 aromatic carbocycles. The zero-order chi connectivity index (χ0) is 15.9. The first-order valence-electron chi connectivity index (χ1n) is 6.94. The van der Waals surface area contributed by atoms with Crippen LogP contribution < -0.4 is 11.1 Å². The number of benzene rings is 2. The Morgan fingerprint density at radius 1 is 1.14 bits per heavy atom. The number of para-hydroxylation sites is 1. The fourth-order valence-corrected chi connectivity index (χ4v) is 2.47. The van der Waals surface area contributed by atoms with Crippen molar-refractivity contribution >= 4 is 22.7 Å². The molecule has 1 amide bonds. The van der Waals surface area contributed by atoms with Crippen LogP contribution >= 0.6 is 0 Å². The van der Waals surface area contributed by atoms with Crippen LogP contribution in [-0.4, -0.2) is 10.5 Å². The van der Waals surface area contributed by atoms with E-state index in [1.165, 1.54) is 4.57 Å². The van der Waals surface area contributed by atoms with Crippen LogP contribution in [-0.2, 0) is 7.05 Å². The van der Waals surface area contributed by atoms with Crippen LogP contribution in [0.3, 0.4) is 0 Å². The number of hydrogen-bond donors (Lipinski definition) is 1. The molecule has 0 spiro atoms. The molecule has 0 saturated heterocycles. The maximum atomic E-state index is 12.5. The average Bonchev–Trinajstić information content (AvgIpc) is 2.77. The number of carbonyl (C=O) groups is 1. The summed E-state index contributed by atoms with van der Waals surface area (Å²) in [7, 11) is 1.61. The number of fused-ring (bicyclic) bond motifs is 1. The van der Waals surface area contributed by atoms with Crippen LogP contribution in [0.25, 0.3) is 11.1 Å². The standard InChI is InChI=1S/C17H16N2O3/c1-10-5-4-6-11(2)15(10)18-16(20)12-7-8-14-13(9-12)19(3)17(21)22-14/h4-9H,1-3H3,(H,18,20). The maximum Gasteiger partial charge on any atom is 0.419 e. The number of carbonyl (C=O) groups excluding carboxylic acids is 1. The molecule has 5 nitrogen and oxygen atoms in total. The third-order valence-corrected chi connectivity index (χ3v) is 3.77. The molecule has 3 rings (SSSR count).